The van der Waals surface area contributed by atoms with Crippen LogP contribution in [0.2, 0.25) is 0 Å². The summed E-state index contributed by atoms with van der Waals surface area (Å²) in [7, 11) is 0. The molecule has 3 nitrogen and oxygen atoms in total. The van der Waals surface area contributed by atoms with Crippen molar-refractivity contribution in [3.63, 3.8) is 0 Å². The van der Waals surface area contributed by atoms with Gasteiger partial charge in [-0.15, -0.1) is 0 Å². The Labute approximate surface area is 425 Å². The van der Waals surface area contributed by atoms with E-state index in [2.05, 4.69) is 278 Å². The SMILES string of the molecule is c1ccc(-c2cc(-c3ccccc3)c3c(c2)c2cc(-c4ccccc4)cc(-c4ccccc4)c2n3-c2c(-c3ccccc3)cc(-c3nc(-c4ccccc4)cc(-c4ccccc4)n3)cc2-c2ccccc2)cc1. The first-order valence-electron chi connectivity index (χ1n) is 24.9. The summed E-state index contributed by atoms with van der Waals surface area (Å²) in [5.74, 6) is 0.651. The maximum absolute atomic E-state index is 5.43. The lowest BCUT2D eigenvalue weighted by molar-refractivity contribution is 1.17. The normalized spacial score (nSPS) is 11.3. The van der Waals surface area contributed by atoms with E-state index in [0.717, 1.165) is 112 Å². The van der Waals surface area contributed by atoms with E-state index in [1.807, 2.05) is 12.1 Å². The summed E-state index contributed by atoms with van der Waals surface area (Å²) in [5, 5.41) is 2.33. The molecule has 13 rings (SSSR count). The highest BCUT2D eigenvalue weighted by Crippen LogP contribution is 2.50. The smallest absolute Gasteiger partial charge is 0.160 e. The lowest BCUT2D eigenvalue weighted by Gasteiger charge is -2.23. The second kappa shape index (κ2) is 18.9. The zero-order valence-corrected chi connectivity index (χ0v) is 40.0. The molecule has 0 saturated heterocycles. The van der Waals surface area contributed by atoms with Crippen molar-refractivity contribution in [2.24, 2.45) is 0 Å². The van der Waals surface area contributed by atoms with Crippen LogP contribution in [0.5, 0.6) is 0 Å². The minimum atomic E-state index is 0.651. The molecule has 0 aliphatic carbocycles. The third-order valence-electron chi connectivity index (χ3n) is 14.0. The van der Waals surface area contributed by atoms with Crippen LogP contribution in [-0.4, -0.2) is 14.5 Å². The van der Waals surface area contributed by atoms with Gasteiger partial charge in [0, 0.05) is 49.7 Å². The Morgan fingerprint density at radius 3 is 0.822 bits per heavy atom. The van der Waals surface area contributed by atoms with Crippen LogP contribution in [0.4, 0.5) is 0 Å². The fraction of sp³-hybridized carbons (Fsp3) is 0. The van der Waals surface area contributed by atoms with E-state index < -0.39 is 0 Å². The Morgan fingerprint density at radius 1 is 0.219 bits per heavy atom. The van der Waals surface area contributed by atoms with Crippen molar-refractivity contribution in [2.45, 2.75) is 0 Å². The standard InChI is InChI=1S/C70H47N3/c1-9-25-48(26-10-1)56-41-59(50-29-13-3-14-30-50)68-63(43-56)64-44-57(49-27-11-2-12-28-49)42-60(51-31-15-4-16-32-51)69(64)73(68)67-61(52-33-17-5-18-34-52)45-58(46-62(67)53-35-19-6-20-36-53)70-71-65(54-37-21-7-22-38-54)47-66(72-70)55-39-23-8-24-40-55/h1-47H. The highest BCUT2D eigenvalue weighted by Gasteiger charge is 2.27. The molecule has 0 N–H and O–H groups in total. The minimum Gasteiger partial charge on any atom is -0.307 e. The lowest BCUT2D eigenvalue weighted by atomic mass is 9.91. The first-order valence-corrected chi connectivity index (χ1v) is 24.9. The van der Waals surface area contributed by atoms with Gasteiger partial charge < -0.3 is 4.57 Å². The van der Waals surface area contributed by atoms with Crippen LogP contribution in [0.3, 0.4) is 0 Å². The Bertz CT molecular complexity index is 3810. The summed E-state index contributed by atoms with van der Waals surface area (Å²) in [6, 6.07) is 102. The van der Waals surface area contributed by atoms with Crippen molar-refractivity contribution in [3.8, 4) is 106 Å². The Hall–Kier alpha value is -9.70. The molecule has 0 atom stereocenters. The molecule has 0 amide bonds. The van der Waals surface area contributed by atoms with Crippen LogP contribution in [0, 0.1) is 0 Å². The molecule has 0 spiro atoms. The van der Waals surface area contributed by atoms with Gasteiger partial charge in [0.15, 0.2) is 5.82 Å². The molecule has 342 valence electrons. The van der Waals surface area contributed by atoms with Gasteiger partial charge in [-0.25, -0.2) is 9.97 Å². The summed E-state index contributed by atoms with van der Waals surface area (Å²) >= 11 is 0. The average Bonchev–Trinajstić information content (AvgIpc) is 3.81. The quantitative estimate of drug-likeness (QED) is 0.137. The number of hydrogen-bond acceptors (Lipinski definition) is 2. The largest absolute Gasteiger partial charge is 0.307 e. The molecule has 0 radical (unpaired) electrons. The van der Waals surface area contributed by atoms with Crippen LogP contribution in [-0.2, 0) is 0 Å². The molecule has 2 aromatic heterocycles. The van der Waals surface area contributed by atoms with Crippen molar-refractivity contribution in [2.75, 3.05) is 0 Å². The highest BCUT2D eigenvalue weighted by atomic mass is 15.0. The van der Waals surface area contributed by atoms with Gasteiger partial charge in [-0.05, 0) is 87.0 Å². The molecule has 0 bridgehead atoms. The van der Waals surface area contributed by atoms with Crippen molar-refractivity contribution in [1.29, 1.82) is 0 Å². The van der Waals surface area contributed by atoms with E-state index in [1.54, 1.807) is 0 Å². The van der Waals surface area contributed by atoms with E-state index in [4.69, 9.17) is 9.97 Å². The van der Waals surface area contributed by atoms with Crippen molar-refractivity contribution >= 4 is 21.8 Å². The van der Waals surface area contributed by atoms with Crippen LogP contribution < -0.4 is 0 Å². The zero-order valence-electron chi connectivity index (χ0n) is 40.0. The molecule has 0 aliphatic rings. The van der Waals surface area contributed by atoms with Gasteiger partial charge in [-0.3, -0.25) is 0 Å². The Kier molecular flexibility index (Phi) is 11.2. The first kappa shape index (κ1) is 43.3. The predicted molar refractivity (Wildman–Crippen MR) is 305 cm³/mol. The Morgan fingerprint density at radius 2 is 0.493 bits per heavy atom. The monoisotopic (exact) mass is 929 g/mol. The molecule has 0 saturated carbocycles. The third-order valence-corrected chi connectivity index (χ3v) is 14.0. The molecule has 11 aromatic carbocycles. The molecular formula is C70H47N3. The maximum atomic E-state index is 5.43. The Balaban J connectivity index is 1.23. The van der Waals surface area contributed by atoms with Gasteiger partial charge in [0.25, 0.3) is 0 Å². The van der Waals surface area contributed by atoms with Gasteiger partial charge in [0.2, 0.25) is 0 Å². The van der Waals surface area contributed by atoms with Gasteiger partial charge in [-0.1, -0.05) is 243 Å². The minimum absolute atomic E-state index is 0.651. The maximum Gasteiger partial charge on any atom is 0.160 e. The fourth-order valence-corrected chi connectivity index (χ4v) is 10.5. The average molecular weight is 930 g/mol. The topological polar surface area (TPSA) is 30.7 Å². The molecule has 2 heterocycles. The summed E-state index contributed by atoms with van der Waals surface area (Å²) < 4.78 is 2.60. The molecule has 0 fully saturated rings. The van der Waals surface area contributed by atoms with E-state index in [-0.39, 0.29) is 0 Å². The fourth-order valence-electron chi connectivity index (χ4n) is 10.5. The predicted octanol–water partition coefficient (Wildman–Crippen LogP) is 18.6. The van der Waals surface area contributed by atoms with Crippen LogP contribution >= 0.6 is 0 Å². The van der Waals surface area contributed by atoms with Gasteiger partial charge in [0.1, 0.15) is 0 Å². The van der Waals surface area contributed by atoms with Gasteiger partial charge in [-0.2, -0.15) is 0 Å². The summed E-state index contributed by atoms with van der Waals surface area (Å²) in [6.07, 6.45) is 0. The molecule has 13 aromatic rings. The van der Waals surface area contributed by atoms with Crippen LogP contribution in [0.25, 0.3) is 128 Å². The molecule has 3 heteroatoms. The van der Waals surface area contributed by atoms with Gasteiger partial charge in [0.05, 0.1) is 28.1 Å². The van der Waals surface area contributed by atoms with Crippen molar-refractivity contribution in [1.82, 2.24) is 14.5 Å². The highest BCUT2D eigenvalue weighted by molar-refractivity contribution is 6.20. The molecule has 73 heavy (non-hydrogen) atoms. The number of aromatic nitrogens is 3. The number of nitrogens with zero attached hydrogens (tertiary/aromatic N) is 3. The summed E-state index contributed by atoms with van der Waals surface area (Å²) in [6.45, 7) is 0. The third kappa shape index (κ3) is 8.19. The van der Waals surface area contributed by atoms with Gasteiger partial charge >= 0.3 is 0 Å². The molecule has 0 aliphatic heterocycles. The first-order chi connectivity index (χ1) is 36.2. The number of hydrogen-bond donors (Lipinski definition) is 0. The van der Waals surface area contributed by atoms with Crippen LogP contribution in [0.1, 0.15) is 0 Å². The molecular weight excluding hydrogens is 883 g/mol. The van der Waals surface area contributed by atoms with E-state index >= 15 is 0 Å². The number of fused-ring (bicyclic) bond motifs is 3. The van der Waals surface area contributed by atoms with Crippen LogP contribution in [0.15, 0.2) is 285 Å². The number of benzene rings is 11. The molecule has 0 unspecified atom stereocenters. The van der Waals surface area contributed by atoms with E-state index in [0.29, 0.717) is 5.82 Å². The second-order valence-electron chi connectivity index (χ2n) is 18.5. The number of rotatable bonds is 10. The van der Waals surface area contributed by atoms with Crippen molar-refractivity contribution in [3.05, 3.63) is 285 Å². The van der Waals surface area contributed by atoms with E-state index in [9.17, 15) is 0 Å². The van der Waals surface area contributed by atoms with Crippen molar-refractivity contribution < 1.29 is 0 Å². The zero-order chi connectivity index (χ0) is 48.5. The van der Waals surface area contributed by atoms with E-state index in [1.165, 1.54) is 10.8 Å². The summed E-state index contributed by atoms with van der Waals surface area (Å²) in [4.78, 5) is 10.9. The summed E-state index contributed by atoms with van der Waals surface area (Å²) in [5.41, 5.74) is 21.5. The lowest BCUT2D eigenvalue weighted by Crippen LogP contribution is -2.04. The second-order valence-corrected chi connectivity index (χ2v) is 18.5.